The Kier molecular flexibility index (Phi) is 8.44. The van der Waals surface area contributed by atoms with Crippen LogP contribution in [0.15, 0.2) is 12.3 Å². The van der Waals surface area contributed by atoms with Crippen LogP contribution in [0.3, 0.4) is 0 Å². The minimum absolute atomic E-state index is 0.0829. The molecule has 33 heavy (non-hydrogen) atoms. The number of nitrogen functional groups attached to an aromatic ring is 1. The van der Waals surface area contributed by atoms with E-state index in [-0.39, 0.29) is 12.0 Å². The van der Waals surface area contributed by atoms with Crippen molar-refractivity contribution in [3.8, 4) is 0 Å². The van der Waals surface area contributed by atoms with Crippen LogP contribution in [0.4, 0.5) is 11.5 Å². The van der Waals surface area contributed by atoms with Gasteiger partial charge in [-0.15, -0.1) is 0 Å². The second-order valence-corrected chi connectivity index (χ2v) is 10.0. The van der Waals surface area contributed by atoms with Gasteiger partial charge in [0, 0.05) is 19.1 Å². The number of nitrogens with two attached hydrogens (primary N) is 1. The number of anilines is 2. The summed E-state index contributed by atoms with van der Waals surface area (Å²) in [6.45, 7) is 9.24. The van der Waals surface area contributed by atoms with E-state index >= 15 is 0 Å². The highest BCUT2D eigenvalue weighted by Gasteiger charge is 2.29. The summed E-state index contributed by atoms with van der Waals surface area (Å²) in [6.07, 6.45) is 8.30. The fraction of sp³-hybridized carbons (Fsp3) is 0.760. The predicted molar refractivity (Wildman–Crippen MR) is 129 cm³/mol. The Labute approximate surface area is 198 Å². The smallest absolute Gasteiger partial charge is 0.300 e. The lowest BCUT2D eigenvalue weighted by Gasteiger charge is -2.34. The zero-order chi connectivity index (χ0) is 23.2. The number of carbonyl (C=O) groups excluding carboxylic acids is 1. The first kappa shape index (κ1) is 24.2. The zero-order valence-corrected chi connectivity index (χ0v) is 20.4. The molecule has 4 rings (SSSR count). The third-order valence-corrected chi connectivity index (χ3v) is 7.58. The van der Waals surface area contributed by atoms with Gasteiger partial charge in [0.1, 0.15) is 5.69 Å². The summed E-state index contributed by atoms with van der Waals surface area (Å²) in [6, 6.07) is 2.40. The quantitative estimate of drug-likeness (QED) is 0.599. The standard InChI is InChI=1S/C25H41N5O3/c1-19-7-9-28(2)25(24(19)26)30-13-11-29(12-14-30)10-8-20-3-5-21(6-4-20)27-23(31)17-22-18-32-15-16-33-22/h7,9,20-22H,3-6,8,10-18,26H2,1-2H3/p+1. The number of carbonyl (C=O) groups is 1. The number of pyridine rings is 1. The number of ether oxygens (including phenoxy) is 2. The highest BCUT2D eigenvalue weighted by atomic mass is 16.6. The second-order valence-electron chi connectivity index (χ2n) is 10.0. The predicted octanol–water partition coefficient (Wildman–Crippen LogP) is 1.39. The lowest BCUT2D eigenvalue weighted by Crippen LogP contribution is -2.51. The van der Waals surface area contributed by atoms with Gasteiger partial charge in [-0.25, -0.2) is 4.57 Å². The third-order valence-electron chi connectivity index (χ3n) is 7.58. The van der Waals surface area contributed by atoms with Crippen LogP contribution in [-0.4, -0.2) is 75.5 Å². The molecule has 8 heteroatoms. The summed E-state index contributed by atoms with van der Waals surface area (Å²) >= 11 is 0. The summed E-state index contributed by atoms with van der Waals surface area (Å²) in [5, 5.41) is 3.22. The molecule has 1 atom stereocenters. The van der Waals surface area contributed by atoms with Gasteiger partial charge in [0.15, 0.2) is 0 Å². The van der Waals surface area contributed by atoms with Crippen LogP contribution in [0, 0.1) is 12.8 Å². The minimum Gasteiger partial charge on any atom is -0.392 e. The largest absolute Gasteiger partial charge is 0.392 e. The van der Waals surface area contributed by atoms with Crippen LogP contribution in [0.2, 0.25) is 0 Å². The maximum Gasteiger partial charge on any atom is 0.300 e. The van der Waals surface area contributed by atoms with Crippen LogP contribution >= 0.6 is 0 Å². The summed E-state index contributed by atoms with van der Waals surface area (Å²) < 4.78 is 13.1. The first-order valence-electron chi connectivity index (χ1n) is 12.7. The lowest BCUT2D eigenvalue weighted by atomic mass is 9.84. The van der Waals surface area contributed by atoms with Gasteiger partial charge in [-0.05, 0) is 63.1 Å². The van der Waals surface area contributed by atoms with E-state index in [0.29, 0.717) is 32.3 Å². The second kappa shape index (κ2) is 11.5. The van der Waals surface area contributed by atoms with Crippen LogP contribution < -0.4 is 20.5 Å². The van der Waals surface area contributed by atoms with E-state index < -0.39 is 0 Å². The number of piperazine rings is 1. The number of aromatic nitrogens is 1. The lowest BCUT2D eigenvalue weighted by molar-refractivity contribution is -0.658. The minimum atomic E-state index is -0.0829. The maximum atomic E-state index is 12.3. The Morgan fingerprint density at radius 1 is 1.18 bits per heavy atom. The van der Waals surface area contributed by atoms with Crippen molar-refractivity contribution in [3.05, 3.63) is 17.8 Å². The van der Waals surface area contributed by atoms with E-state index in [1.165, 1.54) is 25.8 Å². The highest BCUT2D eigenvalue weighted by Crippen LogP contribution is 2.28. The molecule has 0 bridgehead atoms. The van der Waals surface area contributed by atoms with Crippen molar-refractivity contribution in [3.63, 3.8) is 0 Å². The summed E-state index contributed by atoms with van der Waals surface area (Å²) in [7, 11) is 2.08. The Hall–Kier alpha value is -1.90. The van der Waals surface area contributed by atoms with Gasteiger partial charge in [-0.1, -0.05) is 0 Å². The molecule has 1 unspecified atom stereocenters. The molecule has 0 spiro atoms. The van der Waals surface area contributed by atoms with Gasteiger partial charge in [0.05, 0.1) is 58.7 Å². The number of hydrogen-bond acceptors (Lipinski definition) is 6. The molecule has 1 aliphatic carbocycles. The Morgan fingerprint density at radius 2 is 1.94 bits per heavy atom. The van der Waals surface area contributed by atoms with E-state index in [1.54, 1.807) is 0 Å². The summed E-state index contributed by atoms with van der Waals surface area (Å²) in [5.41, 5.74) is 8.43. The van der Waals surface area contributed by atoms with Gasteiger partial charge < -0.3 is 20.5 Å². The van der Waals surface area contributed by atoms with Gasteiger partial charge in [-0.3, -0.25) is 14.6 Å². The van der Waals surface area contributed by atoms with E-state index in [2.05, 4.69) is 45.9 Å². The van der Waals surface area contributed by atoms with Crippen molar-refractivity contribution >= 4 is 17.4 Å². The van der Waals surface area contributed by atoms with Gasteiger partial charge in [0.2, 0.25) is 5.91 Å². The van der Waals surface area contributed by atoms with E-state index in [1.807, 2.05) is 0 Å². The first-order chi connectivity index (χ1) is 16.0. The molecule has 0 aromatic carbocycles. The molecule has 1 saturated carbocycles. The number of hydrogen-bond donors (Lipinski definition) is 2. The van der Waals surface area contributed by atoms with Crippen LogP contribution in [-0.2, 0) is 21.3 Å². The Morgan fingerprint density at radius 3 is 2.64 bits per heavy atom. The number of nitrogens with zero attached hydrogens (tertiary/aromatic N) is 3. The highest BCUT2D eigenvalue weighted by molar-refractivity contribution is 5.76. The molecular formula is C25H42N5O3+. The number of amides is 1. The molecule has 1 aromatic rings. The normalized spacial score (nSPS) is 26.8. The number of rotatable bonds is 7. The van der Waals surface area contributed by atoms with E-state index in [4.69, 9.17) is 15.2 Å². The molecule has 1 aromatic heterocycles. The van der Waals surface area contributed by atoms with Gasteiger partial charge in [0.25, 0.3) is 5.82 Å². The fourth-order valence-corrected chi connectivity index (χ4v) is 5.44. The first-order valence-corrected chi connectivity index (χ1v) is 12.7. The molecule has 2 aliphatic heterocycles. The monoisotopic (exact) mass is 460 g/mol. The van der Waals surface area contributed by atoms with E-state index in [9.17, 15) is 4.79 Å². The van der Waals surface area contributed by atoms with E-state index in [0.717, 1.165) is 62.0 Å². The average molecular weight is 461 g/mol. The zero-order valence-electron chi connectivity index (χ0n) is 20.4. The molecule has 0 radical (unpaired) electrons. The molecule has 3 heterocycles. The Bertz CT molecular complexity index is 782. The third kappa shape index (κ3) is 6.58. The number of nitrogens with one attached hydrogen (secondary N) is 1. The molecule has 3 aliphatic rings. The van der Waals surface area contributed by atoms with Crippen LogP contribution in [0.25, 0.3) is 0 Å². The molecule has 184 valence electrons. The van der Waals surface area contributed by atoms with Crippen molar-refractivity contribution in [2.45, 2.75) is 57.6 Å². The molecule has 3 fully saturated rings. The summed E-state index contributed by atoms with van der Waals surface area (Å²) in [5.74, 6) is 2.03. The fourth-order valence-electron chi connectivity index (χ4n) is 5.44. The van der Waals surface area contributed by atoms with Gasteiger partial charge in [-0.2, -0.15) is 0 Å². The molecular weight excluding hydrogens is 418 g/mol. The maximum absolute atomic E-state index is 12.3. The molecule has 3 N–H and O–H groups in total. The Balaban J connectivity index is 1.13. The van der Waals surface area contributed by atoms with Crippen molar-refractivity contribution < 1.29 is 18.8 Å². The average Bonchev–Trinajstić information content (AvgIpc) is 2.83. The number of aryl methyl sites for hydroxylation is 2. The van der Waals surface area contributed by atoms with Crippen LogP contribution in [0.1, 0.15) is 44.1 Å². The topological polar surface area (TPSA) is 83.9 Å². The summed E-state index contributed by atoms with van der Waals surface area (Å²) in [4.78, 5) is 17.3. The van der Waals surface area contributed by atoms with Crippen molar-refractivity contribution in [1.82, 2.24) is 10.2 Å². The van der Waals surface area contributed by atoms with Crippen molar-refractivity contribution in [1.29, 1.82) is 0 Å². The molecule has 2 saturated heterocycles. The van der Waals surface area contributed by atoms with Crippen LogP contribution in [0.5, 0.6) is 0 Å². The molecule has 8 nitrogen and oxygen atoms in total. The molecule has 1 amide bonds. The van der Waals surface area contributed by atoms with Gasteiger partial charge >= 0.3 is 0 Å². The van der Waals surface area contributed by atoms with Crippen molar-refractivity contribution in [2.24, 2.45) is 13.0 Å². The van der Waals surface area contributed by atoms with Crippen molar-refractivity contribution in [2.75, 3.05) is 63.2 Å². The SMILES string of the molecule is Cc1cc[n+](C)c(N2CCN(CCC3CCC(NC(=O)CC4COCCO4)CC3)CC2)c1N.